The number of aromatic nitrogens is 2. The molecule has 2 aliphatic rings. The number of alkyl halides is 1. The fourth-order valence-electron chi connectivity index (χ4n) is 4.33. The van der Waals surface area contributed by atoms with Crippen molar-refractivity contribution >= 4 is 13.7 Å². The number of hydrogen-bond acceptors (Lipinski definition) is 8. The zero-order chi connectivity index (χ0) is 27.0. The number of carbonyl (C=O) groups is 1. The first-order valence-electron chi connectivity index (χ1n) is 12.0. The highest BCUT2D eigenvalue weighted by Crippen LogP contribution is 2.61. The lowest BCUT2D eigenvalue weighted by atomic mass is 9.97. The lowest BCUT2D eigenvalue weighted by Crippen LogP contribution is -2.39. The molecule has 202 valence electrons. The van der Waals surface area contributed by atoms with Crippen LogP contribution in [0.25, 0.3) is 0 Å². The summed E-state index contributed by atoms with van der Waals surface area (Å²) >= 11 is 0. The van der Waals surface area contributed by atoms with Crippen molar-refractivity contribution in [1.82, 2.24) is 14.6 Å². The number of para-hydroxylation sites is 1. The van der Waals surface area contributed by atoms with Gasteiger partial charge in [0.2, 0.25) is 0 Å². The van der Waals surface area contributed by atoms with Crippen molar-refractivity contribution in [3.63, 3.8) is 0 Å². The minimum atomic E-state index is -4.16. The predicted molar refractivity (Wildman–Crippen MR) is 131 cm³/mol. The molecule has 6 atom stereocenters. The van der Waals surface area contributed by atoms with E-state index in [4.69, 9.17) is 18.5 Å². The normalized spacial score (nSPS) is 29.1. The van der Waals surface area contributed by atoms with Gasteiger partial charge >= 0.3 is 19.4 Å². The molecule has 0 radical (unpaired) electrons. The maximum Gasteiger partial charge on any atom is 0.459 e. The van der Waals surface area contributed by atoms with Gasteiger partial charge in [0.1, 0.15) is 35.3 Å². The summed E-state index contributed by atoms with van der Waals surface area (Å²) in [6, 6.07) is 8.44. The highest BCUT2D eigenvalue weighted by molar-refractivity contribution is 7.52. The van der Waals surface area contributed by atoms with Crippen LogP contribution in [0, 0.1) is 0 Å². The van der Waals surface area contributed by atoms with Gasteiger partial charge in [-0.15, -0.1) is 0 Å². The number of esters is 1. The van der Waals surface area contributed by atoms with Gasteiger partial charge in [-0.1, -0.05) is 18.2 Å². The second kappa shape index (κ2) is 10.2. The quantitative estimate of drug-likeness (QED) is 0.345. The van der Waals surface area contributed by atoms with E-state index >= 15 is 4.39 Å². The van der Waals surface area contributed by atoms with E-state index in [0.29, 0.717) is 0 Å². The first-order valence-corrected chi connectivity index (χ1v) is 13.5. The number of rotatable bonds is 10. The van der Waals surface area contributed by atoms with Gasteiger partial charge in [0.25, 0.3) is 5.56 Å². The summed E-state index contributed by atoms with van der Waals surface area (Å²) in [7, 11) is -4.16. The highest BCUT2D eigenvalue weighted by Gasteiger charge is 2.69. The molecule has 2 N–H and O–H groups in total. The highest BCUT2D eigenvalue weighted by atomic mass is 31.2. The molecule has 11 nitrogen and oxygen atoms in total. The molecule has 1 spiro atoms. The lowest BCUT2D eigenvalue weighted by molar-refractivity contribution is -0.149. The summed E-state index contributed by atoms with van der Waals surface area (Å²) in [6.07, 6.45) is -0.750. The Labute approximate surface area is 212 Å². The van der Waals surface area contributed by atoms with Crippen molar-refractivity contribution in [3.8, 4) is 5.75 Å². The molecule has 1 saturated heterocycles. The molecular formula is C24H31FN3O8P. The fourth-order valence-corrected chi connectivity index (χ4v) is 6.07. The van der Waals surface area contributed by atoms with Crippen LogP contribution in [0.1, 0.15) is 40.5 Å². The molecule has 4 rings (SSSR count). The molecule has 2 fully saturated rings. The Hall–Kier alpha value is -2.79. The maximum atomic E-state index is 15.6. The van der Waals surface area contributed by atoms with E-state index in [-0.39, 0.29) is 31.2 Å². The van der Waals surface area contributed by atoms with E-state index in [0.717, 1.165) is 4.57 Å². The minimum absolute atomic E-state index is 0.0658. The van der Waals surface area contributed by atoms with Crippen LogP contribution >= 0.6 is 7.75 Å². The smallest absolute Gasteiger partial charge is 0.459 e. The van der Waals surface area contributed by atoms with Crippen LogP contribution in [0.4, 0.5) is 4.39 Å². The molecule has 1 aliphatic carbocycles. The minimum Gasteiger partial charge on any atom is -0.462 e. The van der Waals surface area contributed by atoms with Crippen LogP contribution < -0.4 is 20.9 Å². The average molecular weight is 539 g/mol. The van der Waals surface area contributed by atoms with Crippen LogP contribution in [0.5, 0.6) is 5.75 Å². The van der Waals surface area contributed by atoms with E-state index in [9.17, 15) is 18.9 Å². The molecule has 0 amide bonds. The zero-order valence-electron chi connectivity index (χ0n) is 21.0. The standard InChI is InChI=1S/C24H31FN3O8P/c1-15(2)33-21(30)16(3)27-37(32,35-17-8-6-5-7-9-17)36-18-12-24(18)14-23(4,25)19(34-24)13-28-11-10-20(29)26-22(28)31/h5-11,15-16,18-19H,12-14H2,1-4H3,(H,27,32)(H,26,29,31)/t16-,18+,19?,23-,24?,37?/m1/s1. The zero-order valence-corrected chi connectivity index (χ0v) is 21.9. The number of nitrogens with one attached hydrogen (secondary N) is 2. The summed E-state index contributed by atoms with van der Waals surface area (Å²) in [5.41, 5.74) is -4.15. The van der Waals surface area contributed by atoms with E-state index < -0.39 is 54.5 Å². The number of aromatic amines is 1. The third-order valence-corrected chi connectivity index (χ3v) is 7.89. The van der Waals surface area contributed by atoms with Crippen LogP contribution in [0.15, 0.2) is 52.2 Å². The van der Waals surface area contributed by atoms with Gasteiger partial charge in [0.15, 0.2) is 0 Å². The van der Waals surface area contributed by atoms with Gasteiger partial charge < -0.3 is 14.0 Å². The molecule has 13 heteroatoms. The lowest BCUT2D eigenvalue weighted by Gasteiger charge is -2.24. The van der Waals surface area contributed by atoms with Gasteiger partial charge in [-0.05, 0) is 39.8 Å². The summed E-state index contributed by atoms with van der Waals surface area (Å²) in [6.45, 7) is 6.09. The average Bonchev–Trinajstić information content (AvgIpc) is 3.35. The third-order valence-electron chi connectivity index (χ3n) is 6.20. The second-order valence-electron chi connectivity index (χ2n) is 9.93. The van der Waals surface area contributed by atoms with Gasteiger partial charge in [-0.3, -0.25) is 23.7 Å². The Morgan fingerprint density at radius 1 is 1.27 bits per heavy atom. The molecule has 2 aromatic rings. The molecule has 1 aromatic carbocycles. The van der Waals surface area contributed by atoms with E-state index in [1.165, 1.54) is 26.1 Å². The molecule has 1 aromatic heterocycles. The number of carbonyl (C=O) groups excluding carboxylic acids is 1. The van der Waals surface area contributed by atoms with Gasteiger partial charge in [0.05, 0.1) is 12.6 Å². The Kier molecular flexibility index (Phi) is 7.49. The molecule has 1 saturated carbocycles. The van der Waals surface area contributed by atoms with Crippen molar-refractivity contribution in [2.45, 2.75) is 82.7 Å². The van der Waals surface area contributed by atoms with Crippen LogP contribution in [0.3, 0.4) is 0 Å². The van der Waals surface area contributed by atoms with Crippen molar-refractivity contribution in [3.05, 3.63) is 63.4 Å². The van der Waals surface area contributed by atoms with Crippen molar-refractivity contribution in [1.29, 1.82) is 0 Å². The van der Waals surface area contributed by atoms with E-state index in [1.54, 1.807) is 44.2 Å². The molecule has 3 unspecified atom stereocenters. The monoisotopic (exact) mass is 539 g/mol. The Bertz CT molecular complexity index is 1300. The molecule has 0 bridgehead atoms. The first-order chi connectivity index (χ1) is 17.3. The topological polar surface area (TPSA) is 138 Å². The number of ether oxygens (including phenoxy) is 2. The molecular weight excluding hydrogens is 508 g/mol. The van der Waals surface area contributed by atoms with Gasteiger partial charge in [-0.2, -0.15) is 5.09 Å². The maximum absolute atomic E-state index is 15.6. The van der Waals surface area contributed by atoms with Crippen molar-refractivity contribution in [2.24, 2.45) is 0 Å². The summed E-state index contributed by atoms with van der Waals surface area (Å²) < 4.78 is 53.2. The van der Waals surface area contributed by atoms with Crippen LogP contribution in [-0.2, 0) is 29.9 Å². The largest absolute Gasteiger partial charge is 0.462 e. The summed E-state index contributed by atoms with van der Waals surface area (Å²) in [4.78, 5) is 37.9. The summed E-state index contributed by atoms with van der Waals surface area (Å²) in [5.74, 6) is -0.392. The summed E-state index contributed by atoms with van der Waals surface area (Å²) in [5, 5.41) is 2.62. The fraction of sp³-hybridized carbons (Fsp3) is 0.542. The Morgan fingerprint density at radius 2 is 1.97 bits per heavy atom. The van der Waals surface area contributed by atoms with E-state index in [2.05, 4.69) is 10.1 Å². The number of benzene rings is 1. The number of hydrogen-bond donors (Lipinski definition) is 2. The number of H-pyrrole nitrogens is 1. The molecule has 37 heavy (non-hydrogen) atoms. The van der Waals surface area contributed by atoms with Crippen LogP contribution in [0.2, 0.25) is 0 Å². The van der Waals surface area contributed by atoms with Gasteiger partial charge in [-0.25, -0.2) is 13.8 Å². The molecule has 1 aliphatic heterocycles. The van der Waals surface area contributed by atoms with Crippen molar-refractivity contribution in [2.75, 3.05) is 0 Å². The first kappa shape index (κ1) is 27.3. The second-order valence-corrected chi connectivity index (χ2v) is 11.6. The predicted octanol–water partition coefficient (Wildman–Crippen LogP) is 2.70. The van der Waals surface area contributed by atoms with E-state index in [1.807, 2.05) is 0 Å². The van der Waals surface area contributed by atoms with Crippen LogP contribution in [-0.4, -0.2) is 51.1 Å². The molecule has 2 heterocycles. The SMILES string of the molecule is CC(C)OC(=O)[C@@H](C)NP(=O)(Oc1ccccc1)O[C@H]1CC12C[C@@](C)(F)C(Cn1ccc(=O)[nH]c1=O)O2. The van der Waals surface area contributed by atoms with Crippen molar-refractivity contribution < 1.29 is 32.3 Å². The number of halogens is 1. The third kappa shape index (κ3) is 6.38. The Balaban J connectivity index is 1.49. The number of nitrogens with zero attached hydrogens (tertiary/aromatic N) is 1. The Morgan fingerprint density at radius 3 is 2.62 bits per heavy atom. The van der Waals surface area contributed by atoms with Gasteiger partial charge in [0, 0.05) is 25.1 Å².